The molecular weight excluding hydrogens is 248 g/mol. The van der Waals surface area contributed by atoms with Gasteiger partial charge in [-0.15, -0.1) is 0 Å². The van der Waals surface area contributed by atoms with Crippen LogP contribution in [0.1, 0.15) is 59.4 Å². The van der Waals surface area contributed by atoms with Crippen molar-refractivity contribution in [3.63, 3.8) is 0 Å². The summed E-state index contributed by atoms with van der Waals surface area (Å²) in [4.78, 5) is 0. The highest BCUT2D eigenvalue weighted by molar-refractivity contribution is 5.61. The minimum atomic E-state index is -0.561. The van der Waals surface area contributed by atoms with E-state index in [2.05, 4.69) is 13.5 Å². The molecule has 0 heterocycles. The first kappa shape index (κ1) is 16.8. The summed E-state index contributed by atoms with van der Waals surface area (Å²) < 4.78 is 12.1. The molecule has 0 saturated carbocycles. The summed E-state index contributed by atoms with van der Waals surface area (Å²) >= 11 is 0. The summed E-state index contributed by atoms with van der Waals surface area (Å²) in [5, 5.41) is 0. The van der Waals surface area contributed by atoms with Crippen molar-refractivity contribution in [3.8, 4) is 5.75 Å². The van der Waals surface area contributed by atoms with Crippen molar-refractivity contribution in [2.45, 2.75) is 65.8 Å². The zero-order chi connectivity index (χ0) is 15.2. The molecule has 0 saturated heterocycles. The Hall–Kier alpha value is -1.28. The first-order chi connectivity index (χ1) is 9.36. The predicted octanol–water partition coefficient (Wildman–Crippen LogP) is 5.43. The number of rotatable bonds is 8. The van der Waals surface area contributed by atoms with Crippen molar-refractivity contribution in [1.82, 2.24) is 0 Å². The van der Waals surface area contributed by atoms with Crippen molar-refractivity contribution in [3.05, 3.63) is 36.4 Å². The number of benzene rings is 1. The van der Waals surface area contributed by atoms with Crippen LogP contribution in [0.4, 0.5) is 0 Å². The summed E-state index contributed by atoms with van der Waals surface area (Å²) in [5.41, 5.74) is 2.20. The highest BCUT2D eigenvalue weighted by Gasteiger charge is 2.28. The van der Waals surface area contributed by atoms with E-state index >= 15 is 0 Å². The summed E-state index contributed by atoms with van der Waals surface area (Å²) in [7, 11) is 0. The van der Waals surface area contributed by atoms with Crippen LogP contribution in [0.5, 0.6) is 5.75 Å². The second-order valence-electron chi connectivity index (χ2n) is 5.81. The van der Waals surface area contributed by atoms with E-state index in [4.69, 9.17) is 9.47 Å². The van der Waals surface area contributed by atoms with E-state index in [9.17, 15) is 0 Å². The van der Waals surface area contributed by atoms with E-state index in [0.717, 1.165) is 36.1 Å². The van der Waals surface area contributed by atoms with Crippen molar-refractivity contribution < 1.29 is 9.47 Å². The molecule has 0 aliphatic rings. The highest BCUT2D eigenvalue weighted by atomic mass is 16.7. The van der Waals surface area contributed by atoms with Crippen LogP contribution in [0.15, 0.2) is 30.8 Å². The molecule has 2 nitrogen and oxygen atoms in total. The third-order valence-corrected chi connectivity index (χ3v) is 3.15. The van der Waals surface area contributed by atoms with Gasteiger partial charge in [0, 0.05) is 13.3 Å². The van der Waals surface area contributed by atoms with E-state index in [-0.39, 0.29) is 6.10 Å². The van der Waals surface area contributed by atoms with Gasteiger partial charge < -0.3 is 9.47 Å². The van der Waals surface area contributed by atoms with Gasteiger partial charge in [0.25, 0.3) is 0 Å². The Morgan fingerprint density at radius 1 is 1.25 bits per heavy atom. The van der Waals surface area contributed by atoms with Gasteiger partial charge in [-0.05, 0) is 44.9 Å². The van der Waals surface area contributed by atoms with Crippen LogP contribution < -0.4 is 4.74 Å². The smallest absolute Gasteiger partial charge is 0.207 e. The maximum atomic E-state index is 6.10. The van der Waals surface area contributed by atoms with Crippen LogP contribution in [0, 0.1) is 0 Å². The lowest BCUT2D eigenvalue weighted by Gasteiger charge is -2.32. The molecular formula is C18H28O2. The zero-order valence-electron chi connectivity index (χ0n) is 13.5. The van der Waals surface area contributed by atoms with Crippen LogP contribution >= 0.6 is 0 Å². The van der Waals surface area contributed by atoms with Crippen molar-refractivity contribution >= 4 is 5.57 Å². The quantitative estimate of drug-likeness (QED) is 0.589. The van der Waals surface area contributed by atoms with E-state index in [1.807, 2.05) is 52.0 Å². The highest BCUT2D eigenvalue weighted by Crippen LogP contribution is 2.27. The molecule has 0 aliphatic heterocycles. The topological polar surface area (TPSA) is 18.5 Å². The van der Waals surface area contributed by atoms with Crippen molar-refractivity contribution in [1.29, 1.82) is 0 Å². The Morgan fingerprint density at radius 3 is 2.30 bits per heavy atom. The molecule has 1 aromatic carbocycles. The van der Waals surface area contributed by atoms with E-state index < -0.39 is 5.79 Å². The Kier molecular flexibility index (Phi) is 6.28. The third kappa shape index (κ3) is 5.38. The van der Waals surface area contributed by atoms with Gasteiger partial charge in [0.15, 0.2) is 0 Å². The maximum absolute atomic E-state index is 6.10. The summed E-state index contributed by atoms with van der Waals surface area (Å²) in [6, 6.07) is 8.04. The molecule has 0 bridgehead atoms. The standard InChI is InChI=1S/C18H28O2/c1-7-8-13-18(6,19-15(4)5)20-17-11-9-16(10-12-17)14(2)3/h9-12,15H,2,7-8,13H2,1,3-6H3. The average Bonchev–Trinajstić information content (AvgIpc) is 2.36. The van der Waals surface area contributed by atoms with Crippen molar-refractivity contribution in [2.75, 3.05) is 0 Å². The molecule has 1 unspecified atom stereocenters. The number of ether oxygens (including phenoxy) is 2. The minimum absolute atomic E-state index is 0.145. The van der Waals surface area contributed by atoms with Crippen LogP contribution in [0.2, 0.25) is 0 Å². The Morgan fingerprint density at radius 2 is 1.85 bits per heavy atom. The Labute approximate surface area is 123 Å². The van der Waals surface area contributed by atoms with E-state index in [1.54, 1.807) is 0 Å². The summed E-state index contributed by atoms with van der Waals surface area (Å²) in [5.74, 6) is 0.281. The van der Waals surface area contributed by atoms with Gasteiger partial charge in [0.2, 0.25) is 5.79 Å². The summed E-state index contributed by atoms with van der Waals surface area (Å²) in [6.07, 6.45) is 3.26. The SMILES string of the molecule is C=C(C)c1ccc(OC(C)(CCCC)OC(C)C)cc1. The normalized spacial score (nSPS) is 14.1. The van der Waals surface area contributed by atoms with Crippen molar-refractivity contribution in [2.24, 2.45) is 0 Å². The van der Waals surface area contributed by atoms with E-state index in [0.29, 0.717) is 0 Å². The monoisotopic (exact) mass is 276 g/mol. The van der Waals surface area contributed by atoms with Crippen LogP contribution in [0.25, 0.3) is 5.57 Å². The molecule has 0 spiro atoms. The third-order valence-electron chi connectivity index (χ3n) is 3.15. The van der Waals surface area contributed by atoms with Gasteiger partial charge >= 0.3 is 0 Å². The fourth-order valence-corrected chi connectivity index (χ4v) is 2.19. The van der Waals surface area contributed by atoms with Gasteiger partial charge in [0.05, 0.1) is 6.10 Å². The number of hydrogen-bond acceptors (Lipinski definition) is 2. The van der Waals surface area contributed by atoms with Crippen LogP contribution in [0.3, 0.4) is 0 Å². The molecule has 0 aliphatic carbocycles. The van der Waals surface area contributed by atoms with Gasteiger partial charge in [-0.3, -0.25) is 0 Å². The number of unbranched alkanes of at least 4 members (excludes halogenated alkanes) is 1. The zero-order valence-corrected chi connectivity index (χ0v) is 13.5. The first-order valence-electron chi connectivity index (χ1n) is 7.49. The molecule has 20 heavy (non-hydrogen) atoms. The number of allylic oxidation sites excluding steroid dienone is 1. The second-order valence-corrected chi connectivity index (χ2v) is 5.81. The molecule has 0 N–H and O–H groups in total. The molecule has 1 aromatic rings. The predicted molar refractivity (Wildman–Crippen MR) is 85.9 cm³/mol. The molecule has 1 rings (SSSR count). The van der Waals surface area contributed by atoms with Crippen LogP contribution in [-0.2, 0) is 4.74 Å². The lowest BCUT2D eigenvalue weighted by atomic mass is 10.1. The second kappa shape index (κ2) is 7.49. The molecule has 0 radical (unpaired) electrons. The molecule has 0 fully saturated rings. The lowest BCUT2D eigenvalue weighted by molar-refractivity contribution is -0.196. The van der Waals surface area contributed by atoms with Crippen LogP contribution in [-0.4, -0.2) is 11.9 Å². The Bertz CT molecular complexity index is 420. The van der Waals surface area contributed by atoms with Gasteiger partial charge in [-0.1, -0.05) is 37.6 Å². The lowest BCUT2D eigenvalue weighted by Crippen LogP contribution is -2.38. The fourth-order valence-electron chi connectivity index (χ4n) is 2.19. The molecule has 112 valence electrons. The Balaban J connectivity index is 2.80. The first-order valence-corrected chi connectivity index (χ1v) is 7.49. The molecule has 0 aromatic heterocycles. The molecule has 1 atom stereocenters. The minimum Gasteiger partial charge on any atom is -0.463 e. The van der Waals surface area contributed by atoms with E-state index in [1.165, 1.54) is 0 Å². The molecule has 2 heteroatoms. The van der Waals surface area contributed by atoms with Gasteiger partial charge in [-0.2, -0.15) is 0 Å². The average molecular weight is 276 g/mol. The largest absolute Gasteiger partial charge is 0.463 e. The molecule has 0 amide bonds. The summed E-state index contributed by atoms with van der Waals surface area (Å²) in [6.45, 7) is 14.2. The van der Waals surface area contributed by atoms with Gasteiger partial charge in [-0.25, -0.2) is 0 Å². The fraction of sp³-hybridized carbons (Fsp3) is 0.556. The number of hydrogen-bond donors (Lipinski definition) is 0. The van der Waals surface area contributed by atoms with Gasteiger partial charge in [0.1, 0.15) is 5.75 Å². The maximum Gasteiger partial charge on any atom is 0.207 e.